The highest BCUT2D eigenvalue weighted by atomic mass is 79.9. The van der Waals surface area contributed by atoms with E-state index < -0.39 is 0 Å². The number of amides is 1. The molecule has 0 saturated heterocycles. The first-order valence-corrected chi connectivity index (χ1v) is 6.24. The number of hydrogen-bond acceptors (Lipinski definition) is 3. The maximum atomic E-state index is 11.2. The number of nitrogens with one attached hydrogen (secondary N) is 2. The Kier molecular flexibility index (Phi) is 6.00. The van der Waals surface area contributed by atoms with Crippen LogP contribution in [0.2, 0.25) is 0 Å². The van der Waals surface area contributed by atoms with E-state index in [0.29, 0.717) is 6.42 Å². The molecule has 1 aromatic carbocycles. The van der Waals surface area contributed by atoms with Crippen LogP contribution in [0.5, 0.6) is 5.75 Å². The van der Waals surface area contributed by atoms with Crippen LogP contribution in [-0.4, -0.2) is 20.1 Å². The van der Waals surface area contributed by atoms with Crippen molar-refractivity contribution in [3.05, 3.63) is 28.2 Å². The van der Waals surface area contributed by atoms with E-state index in [1.54, 1.807) is 14.2 Å². The zero-order chi connectivity index (χ0) is 12.7. The lowest BCUT2D eigenvalue weighted by Crippen LogP contribution is -2.33. The monoisotopic (exact) mass is 300 g/mol. The molecule has 0 unspecified atom stereocenters. The largest absolute Gasteiger partial charge is 0.496 e. The summed E-state index contributed by atoms with van der Waals surface area (Å²) in [5, 5.41) is 0. The first-order valence-electron chi connectivity index (χ1n) is 5.45. The molecule has 2 N–H and O–H groups in total. The predicted octanol–water partition coefficient (Wildman–Crippen LogP) is 2.03. The molecular weight excluding hydrogens is 284 g/mol. The van der Waals surface area contributed by atoms with Gasteiger partial charge in [0.15, 0.2) is 0 Å². The highest BCUT2D eigenvalue weighted by Crippen LogP contribution is 2.24. The number of methoxy groups -OCH3 is 1. The summed E-state index contributed by atoms with van der Waals surface area (Å²) in [7, 11) is 3.33. The summed E-state index contributed by atoms with van der Waals surface area (Å²) in [4.78, 5) is 11.2. The smallest absolute Gasteiger partial charge is 0.234 e. The minimum atomic E-state index is 0.00136. The van der Waals surface area contributed by atoms with Crippen molar-refractivity contribution in [2.75, 3.05) is 14.2 Å². The maximum absolute atomic E-state index is 11.2. The van der Waals surface area contributed by atoms with Gasteiger partial charge in [0.2, 0.25) is 5.91 Å². The van der Waals surface area contributed by atoms with Crippen molar-refractivity contribution in [1.29, 1.82) is 0 Å². The summed E-state index contributed by atoms with van der Waals surface area (Å²) in [6.07, 6.45) is 2.11. The Morgan fingerprint density at radius 3 is 2.88 bits per heavy atom. The van der Waals surface area contributed by atoms with Crippen LogP contribution in [0.1, 0.15) is 18.4 Å². The minimum absolute atomic E-state index is 0.00136. The fourth-order valence-electron chi connectivity index (χ4n) is 1.58. The van der Waals surface area contributed by atoms with Gasteiger partial charge in [-0.15, -0.1) is 0 Å². The minimum Gasteiger partial charge on any atom is -0.496 e. The fourth-order valence-corrected chi connectivity index (χ4v) is 1.99. The molecule has 1 rings (SSSR count). The van der Waals surface area contributed by atoms with Gasteiger partial charge in [-0.3, -0.25) is 10.2 Å². The molecule has 0 aliphatic heterocycles. The van der Waals surface area contributed by atoms with Crippen molar-refractivity contribution >= 4 is 21.8 Å². The van der Waals surface area contributed by atoms with Crippen LogP contribution in [0, 0.1) is 0 Å². The molecule has 0 heterocycles. The Morgan fingerprint density at radius 1 is 1.47 bits per heavy atom. The number of hydrazine groups is 1. The van der Waals surface area contributed by atoms with Gasteiger partial charge >= 0.3 is 0 Å². The van der Waals surface area contributed by atoms with Crippen molar-refractivity contribution in [2.45, 2.75) is 19.3 Å². The number of carbonyl (C=O) groups is 1. The van der Waals surface area contributed by atoms with Crippen molar-refractivity contribution in [1.82, 2.24) is 10.9 Å². The molecule has 0 saturated carbocycles. The Hall–Kier alpha value is -1.07. The van der Waals surface area contributed by atoms with Crippen molar-refractivity contribution < 1.29 is 9.53 Å². The Bertz CT molecular complexity index is 383. The predicted molar refractivity (Wildman–Crippen MR) is 70.8 cm³/mol. The van der Waals surface area contributed by atoms with Gasteiger partial charge in [-0.25, -0.2) is 5.43 Å². The third-order valence-corrected chi connectivity index (χ3v) is 2.85. The molecule has 0 bridgehead atoms. The molecular formula is C12H17BrN2O2. The van der Waals surface area contributed by atoms with E-state index in [9.17, 15) is 4.79 Å². The van der Waals surface area contributed by atoms with Crippen LogP contribution in [0.4, 0.5) is 0 Å². The average Bonchev–Trinajstić information content (AvgIpc) is 2.30. The lowest BCUT2D eigenvalue weighted by molar-refractivity contribution is -0.122. The van der Waals surface area contributed by atoms with E-state index >= 15 is 0 Å². The summed E-state index contributed by atoms with van der Waals surface area (Å²) in [5.74, 6) is 0.865. The van der Waals surface area contributed by atoms with Crippen molar-refractivity contribution in [3.8, 4) is 5.75 Å². The second-order valence-electron chi connectivity index (χ2n) is 3.61. The Labute approximate surface area is 110 Å². The first kappa shape index (κ1) is 14.0. The topological polar surface area (TPSA) is 50.4 Å². The lowest BCUT2D eigenvalue weighted by atomic mass is 10.1. The quantitative estimate of drug-likeness (QED) is 0.791. The zero-order valence-corrected chi connectivity index (χ0v) is 11.6. The summed E-state index contributed by atoms with van der Waals surface area (Å²) < 4.78 is 6.29. The molecule has 0 atom stereocenters. The standard InChI is InChI=1S/C12H17BrN2O2/c1-14-15-12(16)5-3-4-9-8-10(13)6-7-11(9)17-2/h6-8,14H,3-5H2,1-2H3,(H,15,16). The van der Waals surface area contributed by atoms with E-state index in [1.165, 1.54) is 0 Å². The molecule has 1 aromatic rings. The summed E-state index contributed by atoms with van der Waals surface area (Å²) in [6.45, 7) is 0. The molecule has 0 spiro atoms. The van der Waals surface area contributed by atoms with Crippen LogP contribution >= 0.6 is 15.9 Å². The number of hydrogen-bond donors (Lipinski definition) is 2. The van der Waals surface area contributed by atoms with Crippen LogP contribution in [0.15, 0.2) is 22.7 Å². The van der Waals surface area contributed by atoms with E-state index in [1.807, 2.05) is 18.2 Å². The summed E-state index contributed by atoms with van der Waals surface area (Å²) in [5.41, 5.74) is 6.27. The molecule has 4 nitrogen and oxygen atoms in total. The second kappa shape index (κ2) is 7.29. The normalized spacial score (nSPS) is 10.1. The number of carbonyl (C=O) groups excluding carboxylic acids is 1. The number of rotatable bonds is 6. The van der Waals surface area contributed by atoms with Crippen LogP contribution in [0.3, 0.4) is 0 Å². The van der Waals surface area contributed by atoms with E-state index in [4.69, 9.17) is 4.74 Å². The Morgan fingerprint density at radius 2 is 2.24 bits per heavy atom. The molecule has 17 heavy (non-hydrogen) atoms. The molecule has 94 valence electrons. The maximum Gasteiger partial charge on any atom is 0.234 e. The molecule has 0 radical (unpaired) electrons. The summed E-state index contributed by atoms with van der Waals surface area (Å²) >= 11 is 3.43. The molecule has 0 fully saturated rings. The SMILES string of the molecule is CNNC(=O)CCCc1cc(Br)ccc1OC. The molecule has 0 aromatic heterocycles. The third kappa shape index (κ3) is 4.75. The van der Waals surface area contributed by atoms with Gasteiger partial charge in [0.1, 0.15) is 5.75 Å². The lowest BCUT2D eigenvalue weighted by Gasteiger charge is -2.09. The van der Waals surface area contributed by atoms with E-state index in [0.717, 1.165) is 28.6 Å². The number of ether oxygens (including phenoxy) is 1. The fraction of sp³-hybridized carbons (Fsp3) is 0.417. The molecule has 0 aliphatic carbocycles. The number of halogens is 1. The van der Waals surface area contributed by atoms with E-state index in [2.05, 4.69) is 26.8 Å². The van der Waals surface area contributed by atoms with E-state index in [-0.39, 0.29) is 5.91 Å². The van der Waals surface area contributed by atoms with Gasteiger partial charge in [0.05, 0.1) is 7.11 Å². The third-order valence-electron chi connectivity index (χ3n) is 2.36. The average molecular weight is 301 g/mol. The first-order chi connectivity index (χ1) is 8.17. The summed E-state index contributed by atoms with van der Waals surface area (Å²) in [6, 6.07) is 5.89. The van der Waals surface area contributed by atoms with Crippen molar-refractivity contribution in [2.24, 2.45) is 0 Å². The van der Waals surface area contributed by atoms with Crippen LogP contribution in [-0.2, 0) is 11.2 Å². The van der Waals surface area contributed by atoms with Gasteiger partial charge in [-0.1, -0.05) is 15.9 Å². The molecule has 1 amide bonds. The van der Waals surface area contributed by atoms with Crippen LogP contribution < -0.4 is 15.6 Å². The Balaban J connectivity index is 2.50. The van der Waals surface area contributed by atoms with Gasteiger partial charge < -0.3 is 4.74 Å². The van der Waals surface area contributed by atoms with Crippen LogP contribution in [0.25, 0.3) is 0 Å². The van der Waals surface area contributed by atoms with Gasteiger partial charge in [0, 0.05) is 17.9 Å². The molecule has 0 aliphatic rings. The zero-order valence-electron chi connectivity index (χ0n) is 10.0. The molecule has 5 heteroatoms. The number of aryl methyl sites for hydroxylation is 1. The van der Waals surface area contributed by atoms with Gasteiger partial charge in [-0.2, -0.15) is 0 Å². The van der Waals surface area contributed by atoms with Crippen molar-refractivity contribution in [3.63, 3.8) is 0 Å². The van der Waals surface area contributed by atoms with Gasteiger partial charge in [0.25, 0.3) is 0 Å². The number of benzene rings is 1. The van der Waals surface area contributed by atoms with Gasteiger partial charge in [-0.05, 0) is 36.6 Å². The highest BCUT2D eigenvalue weighted by Gasteiger charge is 2.05. The second-order valence-corrected chi connectivity index (χ2v) is 4.52. The highest BCUT2D eigenvalue weighted by molar-refractivity contribution is 9.10.